The first kappa shape index (κ1) is 11.9. The number of hydrogen-bond donors (Lipinski definition) is 2. The average molecular weight is 216 g/mol. The number of amides is 1. The van der Waals surface area contributed by atoms with Crippen LogP contribution in [0.3, 0.4) is 0 Å². The monoisotopic (exact) mass is 216 g/mol. The van der Waals surface area contributed by atoms with E-state index in [1.807, 2.05) is 25.6 Å². The van der Waals surface area contributed by atoms with E-state index >= 15 is 0 Å². The molecule has 1 amide bonds. The summed E-state index contributed by atoms with van der Waals surface area (Å²) >= 11 is 1.87. The van der Waals surface area contributed by atoms with E-state index in [0.29, 0.717) is 6.54 Å². The van der Waals surface area contributed by atoms with Crippen LogP contribution in [0.1, 0.15) is 26.7 Å². The first-order chi connectivity index (χ1) is 6.55. The highest BCUT2D eigenvalue weighted by molar-refractivity contribution is 7.99. The zero-order valence-corrected chi connectivity index (χ0v) is 9.82. The summed E-state index contributed by atoms with van der Waals surface area (Å²) in [5.41, 5.74) is 5.30. The predicted molar refractivity (Wildman–Crippen MR) is 61.3 cm³/mol. The van der Waals surface area contributed by atoms with Crippen LogP contribution in [0.2, 0.25) is 0 Å². The van der Waals surface area contributed by atoms with Gasteiger partial charge in [-0.3, -0.25) is 4.79 Å². The van der Waals surface area contributed by atoms with Gasteiger partial charge in [-0.2, -0.15) is 11.8 Å². The molecule has 1 heterocycles. The molecule has 1 atom stereocenters. The third kappa shape index (κ3) is 3.50. The summed E-state index contributed by atoms with van der Waals surface area (Å²) in [5.74, 6) is 2.53. The molecule has 3 nitrogen and oxygen atoms in total. The molecule has 0 aromatic rings. The van der Waals surface area contributed by atoms with Crippen molar-refractivity contribution in [1.29, 1.82) is 0 Å². The molecular formula is C10H20N2OS. The van der Waals surface area contributed by atoms with E-state index in [9.17, 15) is 4.79 Å². The minimum atomic E-state index is -0.265. The Morgan fingerprint density at radius 3 is 2.86 bits per heavy atom. The molecule has 1 aliphatic rings. The van der Waals surface area contributed by atoms with Crippen molar-refractivity contribution >= 4 is 17.7 Å². The van der Waals surface area contributed by atoms with Crippen molar-refractivity contribution in [2.45, 2.75) is 32.2 Å². The predicted octanol–water partition coefficient (Wildman–Crippen LogP) is 0.983. The van der Waals surface area contributed by atoms with Crippen molar-refractivity contribution in [3.05, 3.63) is 0 Å². The Morgan fingerprint density at radius 2 is 2.36 bits per heavy atom. The highest BCUT2D eigenvalue weighted by Gasteiger charge is 2.26. The molecule has 0 radical (unpaired) electrons. The molecule has 1 aliphatic heterocycles. The normalized spacial score (nSPS) is 23.2. The van der Waals surface area contributed by atoms with Crippen LogP contribution in [0, 0.1) is 5.92 Å². The second kappa shape index (κ2) is 5.03. The number of rotatable bonds is 3. The zero-order chi connectivity index (χ0) is 10.6. The summed E-state index contributed by atoms with van der Waals surface area (Å²) < 4.78 is 0. The highest BCUT2D eigenvalue weighted by atomic mass is 32.2. The fraction of sp³-hybridized carbons (Fsp3) is 0.900. The molecule has 0 aromatic carbocycles. The minimum absolute atomic E-state index is 0.174. The van der Waals surface area contributed by atoms with Gasteiger partial charge in [0.2, 0.25) is 5.91 Å². The molecule has 1 fully saturated rings. The molecule has 4 heteroatoms. The molecule has 0 saturated carbocycles. The topological polar surface area (TPSA) is 55.1 Å². The van der Waals surface area contributed by atoms with E-state index in [0.717, 1.165) is 18.6 Å². The third-order valence-electron chi connectivity index (χ3n) is 2.50. The maximum atomic E-state index is 11.8. The van der Waals surface area contributed by atoms with E-state index in [4.69, 9.17) is 5.73 Å². The van der Waals surface area contributed by atoms with Crippen LogP contribution in [0.25, 0.3) is 0 Å². The van der Waals surface area contributed by atoms with Gasteiger partial charge in [-0.05, 0) is 32.4 Å². The van der Waals surface area contributed by atoms with Crippen molar-refractivity contribution in [1.82, 2.24) is 5.32 Å². The van der Waals surface area contributed by atoms with Gasteiger partial charge in [0, 0.05) is 23.8 Å². The summed E-state index contributed by atoms with van der Waals surface area (Å²) in [6.45, 7) is 4.40. The molecule has 14 heavy (non-hydrogen) atoms. The molecule has 0 bridgehead atoms. The first-order valence-electron chi connectivity index (χ1n) is 5.15. The first-order valence-corrected chi connectivity index (χ1v) is 6.30. The van der Waals surface area contributed by atoms with Crippen LogP contribution in [-0.2, 0) is 4.79 Å². The Bertz CT molecular complexity index is 200. The van der Waals surface area contributed by atoms with Crippen molar-refractivity contribution in [2.75, 3.05) is 18.1 Å². The number of nitrogens with one attached hydrogen (secondary N) is 1. The lowest BCUT2D eigenvalue weighted by Gasteiger charge is -2.28. The largest absolute Gasteiger partial charge is 0.350 e. The van der Waals surface area contributed by atoms with E-state index in [1.54, 1.807) is 0 Å². The number of nitrogens with two attached hydrogens (primary N) is 1. The molecule has 0 aromatic heterocycles. The summed E-state index contributed by atoms with van der Waals surface area (Å²) in [6.07, 6.45) is 2.19. The number of hydrogen-bond acceptors (Lipinski definition) is 3. The van der Waals surface area contributed by atoms with E-state index in [2.05, 4.69) is 5.32 Å². The van der Waals surface area contributed by atoms with Gasteiger partial charge >= 0.3 is 0 Å². The van der Waals surface area contributed by atoms with Gasteiger partial charge in [0.1, 0.15) is 0 Å². The Morgan fingerprint density at radius 1 is 1.64 bits per heavy atom. The Balaban J connectivity index is 2.40. The van der Waals surface area contributed by atoms with E-state index in [-0.39, 0.29) is 17.4 Å². The van der Waals surface area contributed by atoms with Gasteiger partial charge in [-0.1, -0.05) is 0 Å². The maximum absolute atomic E-state index is 11.8. The molecule has 1 unspecified atom stereocenters. The van der Waals surface area contributed by atoms with Gasteiger partial charge in [-0.15, -0.1) is 0 Å². The lowest BCUT2D eigenvalue weighted by molar-refractivity contribution is -0.126. The quantitative estimate of drug-likeness (QED) is 0.739. The van der Waals surface area contributed by atoms with Crippen LogP contribution < -0.4 is 11.1 Å². The third-order valence-corrected chi connectivity index (χ3v) is 3.72. The Hall–Kier alpha value is -0.220. The molecule has 1 rings (SSSR count). The van der Waals surface area contributed by atoms with Crippen LogP contribution >= 0.6 is 11.8 Å². The van der Waals surface area contributed by atoms with Crippen LogP contribution in [-0.4, -0.2) is 29.5 Å². The van der Waals surface area contributed by atoms with Gasteiger partial charge in [0.15, 0.2) is 0 Å². The fourth-order valence-corrected chi connectivity index (χ4v) is 2.57. The van der Waals surface area contributed by atoms with Crippen LogP contribution in [0.5, 0.6) is 0 Å². The van der Waals surface area contributed by atoms with Gasteiger partial charge in [0.05, 0.1) is 0 Å². The Labute approximate surface area is 90.2 Å². The fourth-order valence-electron chi connectivity index (χ4n) is 1.43. The summed E-state index contributed by atoms with van der Waals surface area (Å²) in [7, 11) is 0. The van der Waals surface area contributed by atoms with Crippen LogP contribution in [0.15, 0.2) is 0 Å². The number of thioether (sulfide) groups is 1. The molecular weight excluding hydrogens is 196 g/mol. The van der Waals surface area contributed by atoms with Crippen LogP contribution in [0.4, 0.5) is 0 Å². The SMILES string of the molecule is CC(C)(CN)NC(=O)C1CCCSC1. The van der Waals surface area contributed by atoms with Gasteiger partial charge in [-0.25, -0.2) is 0 Å². The molecule has 3 N–H and O–H groups in total. The number of carbonyl (C=O) groups is 1. The summed E-state index contributed by atoms with van der Waals surface area (Å²) in [4.78, 5) is 11.8. The average Bonchev–Trinajstić information content (AvgIpc) is 2.19. The molecule has 0 aliphatic carbocycles. The zero-order valence-electron chi connectivity index (χ0n) is 9.01. The van der Waals surface area contributed by atoms with Crippen molar-refractivity contribution in [3.63, 3.8) is 0 Å². The minimum Gasteiger partial charge on any atom is -0.350 e. The highest BCUT2D eigenvalue weighted by Crippen LogP contribution is 2.23. The lowest BCUT2D eigenvalue weighted by atomic mass is 10.0. The molecule has 1 saturated heterocycles. The second-order valence-corrected chi connectivity index (χ2v) is 5.64. The van der Waals surface area contributed by atoms with Crippen molar-refractivity contribution in [3.8, 4) is 0 Å². The summed E-state index contributed by atoms with van der Waals surface area (Å²) in [6, 6.07) is 0. The van der Waals surface area contributed by atoms with E-state index < -0.39 is 0 Å². The maximum Gasteiger partial charge on any atom is 0.224 e. The summed E-state index contributed by atoms with van der Waals surface area (Å²) in [5, 5.41) is 3.00. The standard InChI is InChI=1S/C10H20N2OS/c1-10(2,7-11)12-9(13)8-4-3-5-14-6-8/h8H,3-7,11H2,1-2H3,(H,12,13). The van der Waals surface area contributed by atoms with Crippen molar-refractivity contribution < 1.29 is 4.79 Å². The van der Waals surface area contributed by atoms with Gasteiger partial charge < -0.3 is 11.1 Å². The number of carbonyl (C=O) groups excluding carboxylic acids is 1. The second-order valence-electron chi connectivity index (χ2n) is 4.49. The molecule has 0 spiro atoms. The molecule has 82 valence electrons. The van der Waals surface area contributed by atoms with Gasteiger partial charge in [0.25, 0.3) is 0 Å². The smallest absolute Gasteiger partial charge is 0.224 e. The van der Waals surface area contributed by atoms with Crippen molar-refractivity contribution in [2.24, 2.45) is 11.7 Å². The Kier molecular flexibility index (Phi) is 4.26. The van der Waals surface area contributed by atoms with E-state index in [1.165, 1.54) is 5.75 Å². The lowest BCUT2D eigenvalue weighted by Crippen LogP contribution is -2.51.